The van der Waals surface area contributed by atoms with Gasteiger partial charge >= 0.3 is 0 Å². The van der Waals surface area contributed by atoms with Gasteiger partial charge in [-0.05, 0) is 20.3 Å². The third kappa shape index (κ3) is 2.67. The van der Waals surface area contributed by atoms with Gasteiger partial charge in [0, 0.05) is 0 Å². The van der Waals surface area contributed by atoms with Gasteiger partial charge in [-0.1, -0.05) is 13.3 Å². The summed E-state index contributed by atoms with van der Waals surface area (Å²) >= 11 is 0. The minimum Gasteiger partial charge on any atom is -0.394 e. The Morgan fingerprint density at radius 1 is 1.36 bits per heavy atom. The smallest absolute Gasteiger partial charge is 0.164 e. The van der Waals surface area contributed by atoms with Crippen LogP contribution in [-0.4, -0.2) is 40.9 Å². The molecule has 0 aromatic rings. The Kier molecular flexibility index (Phi) is 3.89. The first-order valence-corrected chi connectivity index (χ1v) is 5.14. The summed E-state index contributed by atoms with van der Waals surface area (Å²) in [5.41, 5.74) is 0. The summed E-state index contributed by atoms with van der Waals surface area (Å²) in [7, 11) is 0. The van der Waals surface area contributed by atoms with E-state index in [1.165, 1.54) is 0 Å². The van der Waals surface area contributed by atoms with Crippen LogP contribution in [-0.2, 0) is 9.47 Å². The van der Waals surface area contributed by atoms with Crippen LogP contribution in [0.1, 0.15) is 33.6 Å². The fraction of sp³-hybridized carbons (Fsp3) is 1.00. The molecule has 2 N–H and O–H groups in total. The van der Waals surface area contributed by atoms with Crippen molar-refractivity contribution in [1.29, 1.82) is 0 Å². The molecule has 14 heavy (non-hydrogen) atoms. The van der Waals surface area contributed by atoms with Crippen LogP contribution in [0.2, 0.25) is 0 Å². The Morgan fingerprint density at radius 3 is 2.50 bits per heavy atom. The van der Waals surface area contributed by atoms with Gasteiger partial charge in [-0.15, -0.1) is 0 Å². The van der Waals surface area contributed by atoms with Crippen LogP contribution in [0.15, 0.2) is 0 Å². The third-order valence-electron chi connectivity index (χ3n) is 2.37. The number of hydrogen-bond donors (Lipinski definition) is 2. The Balaban J connectivity index is 2.58. The van der Waals surface area contributed by atoms with Crippen molar-refractivity contribution in [2.75, 3.05) is 6.61 Å². The molecule has 1 rings (SSSR count). The highest BCUT2D eigenvalue weighted by Crippen LogP contribution is 2.30. The molecule has 3 atom stereocenters. The first kappa shape index (κ1) is 11.9. The van der Waals surface area contributed by atoms with Crippen molar-refractivity contribution in [2.45, 2.75) is 57.7 Å². The SMILES string of the molecule is CCC[C@@H](O)[C@@H]1OC(C)(C)O[C@@H]1CO. The minimum absolute atomic E-state index is 0.116. The van der Waals surface area contributed by atoms with Crippen molar-refractivity contribution in [2.24, 2.45) is 0 Å². The number of rotatable bonds is 4. The lowest BCUT2D eigenvalue weighted by molar-refractivity contribution is -0.157. The second kappa shape index (κ2) is 4.57. The summed E-state index contributed by atoms with van der Waals surface area (Å²) in [6.45, 7) is 5.45. The van der Waals surface area contributed by atoms with E-state index >= 15 is 0 Å². The highest BCUT2D eigenvalue weighted by molar-refractivity contribution is 4.85. The Bertz CT molecular complexity index is 181. The number of aliphatic hydroxyl groups excluding tert-OH is 2. The van der Waals surface area contributed by atoms with E-state index in [4.69, 9.17) is 14.6 Å². The molecule has 0 bridgehead atoms. The van der Waals surface area contributed by atoms with E-state index in [1.54, 1.807) is 13.8 Å². The van der Waals surface area contributed by atoms with Crippen LogP contribution in [0, 0.1) is 0 Å². The summed E-state index contributed by atoms with van der Waals surface area (Å²) in [6, 6.07) is 0. The summed E-state index contributed by atoms with van der Waals surface area (Å²) in [6.07, 6.45) is 0.181. The lowest BCUT2D eigenvalue weighted by Gasteiger charge is -2.21. The normalized spacial score (nSPS) is 33.2. The molecule has 0 spiro atoms. The highest BCUT2D eigenvalue weighted by atomic mass is 16.8. The van der Waals surface area contributed by atoms with Crippen LogP contribution in [0.25, 0.3) is 0 Å². The largest absolute Gasteiger partial charge is 0.394 e. The monoisotopic (exact) mass is 204 g/mol. The van der Waals surface area contributed by atoms with E-state index < -0.39 is 24.1 Å². The zero-order valence-corrected chi connectivity index (χ0v) is 9.06. The van der Waals surface area contributed by atoms with Gasteiger partial charge in [0.05, 0.1) is 12.7 Å². The predicted octanol–water partition coefficient (Wildman–Crippen LogP) is 0.660. The average molecular weight is 204 g/mol. The average Bonchev–Trinajstić information content (AvgIpc) is 2.41. The molecule has 0 aliphatic carbocycles. The first-order chi connectivity index (χ1) is 6.50. The molecule has 0 unspecified atom stereocenters. The summed E-state index contributed by atoms with van der Waals surface area (Å²) in [4.78, 5) is 0. The Morgan fingerprint density at radius 2 is 2.00 bits per heavy atom. The maximum Gasteiger partial charge on any atom is 0.164 e. The fourth-order valence-electron chi connectivity index (χ4n) is 1.79. The van der Waals surface area contributed by atoms with E-state index in [0.29, 0.717) is 6.42 Å². The molecule has 0 aromatic heterocycles. The van der Waals surface area contributed by atoms with Crippen LogP contribution in [0.5, 0.6) is 0 Å². The standard InChI is InChI=1S/C10H20O4/c1-4-5-7(12)9-8(6-11)13-10(2,3)14-9/h7-9,11-12H,4-6H2,1-3H3/t7-,8-,9+/m1/s1. The Labute approximate surface area is 84.8 Å². The molecule has 1 saturated heterocycles. The van der Waals surface area contributed by atoms with Crippen molar-refractivity contribution in [3.63, 3.8) is 0 Å². The molecule has 1 fully saturated rings. The zero-order chi connectivity index (χ0) is 10.8. The van der Waals surface area contributed by atoms with E-state index in [-0.39, 0.29) is 6.61 Å². The van der Waals surface area contributed by atoms with Gasteiger partial charge in [-0.2, -0.15) is 0 Å². The van der Waals surface area contributed by atoms with Crippen molar-refractivity contribution in [1.82, 2.24) is 0 Å². The second-order valence-corrected chi connectivity index (χ2v) is 4.18. The third-order valence-corrected chi connectivity index (χ3v) is 2.37. The lowest BCUT2D eigenvalue weighted by atomic mass is 10.0. The summed E-state index contributed by atoms with van der Waals surface area (Å²) in [5, 5.41) is 18.8. The topological polar surface area (TPSA) is 58.9 Å². The molecule has 84 valence electrons. The summed E-state index contributed by atoms with van der Waals surface area (Å²) in [5.74, 6) is -0.702. The molecule has 4 heteroatoms. The van der Waals surface area contributed by atoms with Gasteiger partial charge in [0.15, 0.2) is 5.79 Å². The van der Waals surface area contributed by atoms with Crippen LogP contribution < -0.4 is 0 Å². The number of hydrogen-bond acceptors (Lipinski definition) is 4. The molecular formula is C10H20O4. The van der Waals surface area contributed by atoms with Crippen LogP contribution in [0.3, 0.4) is 0 Å². The quantitative estimate of drug-likeness (QED) is 0.706. The van der Waals surface area contributed by atoms with Crippen LogP contribution >= 0.6 is 0 Å². The van der Waals surface area contributed by atoms with Gasteiger partial charge in [0.25, 0.3) is 0 Å². The molecule has 0 saturated carbocycles. The second-order valence-electron chi connectivity index (χ2n) is 4.18. The molecule has 0 aromatic carbocycles. The molecule has 0 radical (unpaired) electrons. The van der Waals surface area contributed by atoms with Crippen molar-refractivity contribution >= 4 is 0 Å². The number of aliphatic hydroxyl groups is 2. The molecular weight excluding hydrogens is 184 g/mol. The van der Waals surface area contributed by atoms with E-state index in [1.807, 2.05) is 6.92 Å². The molecule has 1 aliphatic rings. The van der Waals surface area contributed by atoms with Crippen molar-refractivity contribution in [3.05, 3.63) is 0 Å². The lowest BCUT2D eigenvalue weighted by Crippen LogP contribution is -2.37. The molecule has 1 aliphatic heterocycles. The minimum atomic E-state index is -0.702. The van der Waals surface area contributed by atoms with Crippen molar-refractivity contribution < 1.29 is 19.7 Å². The van der Waals surface area contributed by atoms with Gasteiger partial charge in [0.1, 0.15) is 12.2 Å². The fourth-order valence-corrected chi connectivity index (χ4v) is 1.79. The van der Waals surface area contributed by atoms with Crippen molar-refractivity contribution in [3.8, 4) is 0 Å². The number of ether oxygens (including phenoxy) is 2. The predicted molar refractivity (Wildman–Crippen MR) is 51.8 cm³/mol. The van der Waals surface area contributed by atoms with E-state index in [0.717, 1.165) is 6.42 Å². The van der Waals surface area contributed by atoms with Gasteiger partial charge in [-0.3, -0.25) is 0 Å². The Hall–Kier alpha value is -0.160. The molecule has 1 heterocycles. The van der Waals surface area contributed by atoms with E-state index in [2.05, 4.69) is 0 Å². The maximum atomic E-state index is 9.77. The summed E-state index contributed by atoms with van der Waals surface area (Å²) < 4.78 is 11.0. The molecule has 0 amide bonds. The molecule has 4 nitrogen and oxygen atoms in total. The van der Waals surface area contributed by atoms with Crippen LogP contribution in [0.4, 0.5) is 0 Å². The van der Waals surface area contributed by atoms with Gasteiger partial charge < -0.3 is 19.7 Å². The van der Waals surface area contributed by atoms with Gasteiger partial charge in [-0.25, -0.2) is 0 Å². The highest BCUT2D eigenvalue weighted by Gasteiger charge is 2.43. The van der Waals surface area contributed by atoms with Gasteiger partial charge in [0.2, 0.25) is 0 Å². The van der Waals surface area contributed by atoms with E-state index in [9.17, 15) is 5.11 Å². The first-order valence-electron chi connectivity index (χ1n) is 5.14. The maximum absolute atomic E-state index is 9.77. The zero-order valence-electron chi connectivity index (χ0n) is 9.06.